The van der Waals surface area contributed by atoms with E-state index in [2.05, 4.69) is 20.8 Å². The van der Waals surface area contributed by atoms with Gasteiger partial charge in [-0.05, 0) is 24.0 Å². The van der Waals surface area contributed by atoms with Crippen LogP contribution in [0.4, 0.5) is 0 Å². The van der Waals surface area contributed by atoms with E-state index in [1.807, 2.05) is 0 Å². The Kier molecular flexibility index (Phi) is 4.36. The zero-order valence-electron chi connectivity index (χ0n) is 9.92. The largest absolute Gasteiger partial charge is 0.491 e. The topological polar surface area (TPSA) is 26.3 Å². The van der Waals surface area contributed by atoms with Crippen molar-refractivity contribution in [3.63, 3.8) is 0 Å². The van der Waals surface area contributed by atoms with E-state index in [1.54, 1.807) is 18.2 Å². The molecule has 1 aromatic rings. The summed E-state index contributed by atoms with van der Waals surface area (Å²) < 4.78 is 5.57. The van der Waals surface area contributed by atoms with Gasteiger partial charge in [0.2, 0.25) is 0 Å². The molecule has 0 bridgehead atoms. The Balaban J connectivity index is 2.70. The maximum absolute atomic E-state index is 10.8. The Hall–Kier alpha value is -1.02. The highest BCUT2D eigenvalue weighted by atomic mass is 35.5. The maximum atomic E-state index is 10.8. The summed E-state index contributed by atoms with van der Waals surface area (Å²) in [5.74, 6) is 0.489. The molecule has 0 aliphatic rings. The number of carbonyl (C=O) groups is 1. The van der Waals surface area contributed by atoms with E-state index >= 15 is 0 Å². The van der Waals surface area contributed by atoms with E-state index in [1.165, 1.54) is 0 Å². The number of para-hydroxylation sites is 1. The number of rotatable bonds is 4. The zero-order valence-corrected chi connectivity index (χ0v) is 10.7. The lowest BCUT2D eigenvalue weighted by Crippen LogP contribution is -2.11. The SMILES string of the molecule is CC(C)(C)CCOc1c(Cl)cccc1C=O. The highest BCUT2D eigenvalue weighted by molar-refractivity contribution is 6.32. The Bertz CT molecular complexity index is 367. The molecule has 0 heterocycles. The van der Waals surface area contributed by atoms with E-state index in [0.717, 1.165) is 12.7 Å². The normalized spacial score (nSPS) is 11.2. The van der Waals surface area contributed by atoms with Gasteiger partial charge in [0.05, 0.1) is 17.2 Å². The van der Waals surface area contributed by atoms with Gasteiger partial charge in [-0.15, -0.1) is 0 Å². The highest BCUT2D eigenvalue weighted by Crippen LogP contribution is 2.28. The summed E-state index contributed by atoms with van der Waals surface area (Å²) >= 11 is 5.97. The van der Waals surface area contributed by atoms with Crippen LogP contribution in [0, 0.1) is 5.41 Å². The molecule has 88 valence electrons. The second kappa shape index (κ2) is 5.35. The first-order valence-corrected chi connectivity index (χ1v) is 5.68. The first-order chi connectivity index (χ1) is 7.44. The Morgan fingerprint density at radius 2 is 2.06 bits per heavy atom. The molecule has 0 unspecified atom stereocenters. The van der Waals surface area contributed by atoms with Crippen molar-refractivity contribution in [1.29, 1.82) is 0 Å². The molecule has 1 aromatic carbocycles. The molecule has 0 atom stereocenters. The van der Waals surface area contributed by atoms with Crippen molar-refractivity contribution < 1.29 is 9.53 Å². The predicted molar refractivity (Wildman–Crippen MR) is 66.4 cm³/mol. The van der Waals surface area contributed by atoms with Gasteiger partial charge in [0.15, 0.2) is 6.29 Å². The van der Waals surface area contributed by atoms with Crippen LogP contribution in [0.3, 0.4) is 0 Å². The number of aldehydes is 1. The standard InChI is InChI=1S/C13H17ClO2/c1-13(2,3)7-8-16-12-10(9-15)5-4-6-11(12)14/h4-6,9H,7-8H2,1-3H3. The first-order valence-electron chi connectivity index (χ1n) is 5.30. The molecule has 0 aliphatic carbocycles. The van der Waals surface area contributed by atoms with Crippen molar-refractivity contribution in [2.24, 2.45) is 5.41 Å². The van der Waals surface area contributed by atoms with E-state index < -0.39 is 0 Å². The molecule has 2 nitrogen and oxygen atoms in total. The summed E-state index contributed by atoms with van der Waals surface area (Å²) in [6.07, 6.45) is 1.68. The van der Waals surface area contributed by atoms with Gasteiger partial charge in [0.1, 0.15) is 5.75 Å². The van der Waals surface area contributed by atoms with Crippen molar-refractivity contribution in [1.82, 2.24) is 0 Å². The molecule has 3 heteroatoms. The molecular weight excluding hydrogens is 224 g/mol. The van der Waals surface area contributed by atoms with Gasteiger partial charge in [0.25, 0.3) is 0 Å². The third kappa shape index (κ3) is 3.86. The highest BCUT2D eigenvalue weighted by Gasteiger charge is 2.12. The molecular formula is C13H17ClO2. The molecule has 16 heavy (non-hydrogen) atoms. The van der Waals surface area contributed by atoms with Crippen molar-refractivity contribution in [2.75, 3.05) is 6.61 Å². The average Bonchev–Trinajstić information content (AvgIpc) is 2.18. The fourth-order valence-corrected chi connectivity index (χ4v) is 1.47. The van der Waals surface area contributed by atoms with Crippen LogP contribution in [-0.4, -0.2) is 12.9 Å². The number of benzene rings is 1. The summed E-state index contributed by atoms with van der Waals surface area (Å²) in [6, 6.07) is 5.16. The molecule has 0 aromatic heterocycles. The van der Waals surface area contributed by atoms with Crippen LogP contribution in [0.1, 0.15) is 37.6 Å². The second-order valence-corrected chi connectivity index (χ2v) is 5.34. The molecule has 0 saturated carbocycles. The average molecular weight is 241 g/mol. The smallest absolute Gasteiger partial charge is 0.153 e. The quantitative estimate of drug-likeness (QED) is 0.745. The molecule has 1 rings (SSSR count). The molecule has 0 N–H and O–H groups in total. The third-order valence-electron chi connectivity index (χ3n) is 2.22. The number of halogens is 1. The Labute approximate surface area is 102 Å². The molecule has 0 fully saturated rings. The third-order valence-corrected chi connectivity index (χ3v) is 2.52. The summed E-state index contributed by atoms with van der Waals surface area (Å²) in [7, 11) is 0. The number of hydrogen-bond acceptors (Lipinski definition) is 2. The Morgan fingerprint density at radius 3 is 2.62 bits per heavy atom. The second-order valence-electron chi connectivity index (χ2n) is 4.94. The Morgan fingerprint density at radius 1 is 1.38 bits per heavy atom. The minimum atomic E-state index is 0.211. The van der Waals surface area contributed by atoms with Gasteiger partial charge in [-0.1, -0.05) is 38.4 Å². The van der Waals surface area contributed by atoms with E-state index in [4.69, 9.17) is 16.3 Å². The van der Waals surface area contributed by atoms with E-state index in [0.29, 0.717) is 22.9 Å². The molecule has 0 radical (unpaired) electrons. The lowest BCUT2D eigenvalue weighted by atomic mass is 9.93. The molecule has 0 saturated heterocycles. The minimum Gasteiger partial charge on any atom is -0.491 e. The summed E-state index contributed by atoms with van der Waals surface area (Å²) in [5.41, 5.74) is 0.712. The van der Waals surface area contributed by atoms with Crippen LogP contribution in [0.2, 0.25) is 5.02 Å². The molecule has 0 aliphatic heterocycles. The minimum absolute atomic E-state index is 0.211. The van der Waals surface area contributed by atoms with Gasteiger partial charge < -0.3 is 4.74 Å². The summed E-state index contributed by atoms with van der Waals surface area (Å²) in [4.78, 5) is 10.8. The van der Waals surface area contributed by atoms with Crippen molar-refractivity contribution in [3.8, 4) is 5.75 Å². The van der Waals surface area contributed by atoms with Gasteiger partial charge >= 0.3 is 0 Å². The lowest BCUT2D eigenvalue weighted by molar-refractivity contribution is 0.111. The van der Waals surface area contributed by atoms with Crippen LogP contribution in [-0.2, 0) is 0 Å². The van der Waals surface area contributed by atoms with Crippen LogP contribution >= 0.6 is 11.6 Å². The van der Waals surface area contributed by atoms with Crippen LogP contribution in [0.15, 0.2) is 18.2 Å². The van der Waals surface area contributed by atoms with Crippen molar-refractivity contribution in [2.45, 2.75) is 27.2 Å². The van der Waals surface area contributed by atoms with Gasteiger partial charge in [0, 0.05) is 0 Å². The van der Waals surface area contributed by atoms with Crippen LogP contribution in [0.25, 0.3) is 0 Å². The van der Waals surface area contributed by atoms with Crippen molar-refractivity contribution >= 4 is 17.9 Å². The fourth-order valence-electron chi connectivity index (χ4n) is 1.23. The summed E-state index contributed by atoms with van der Waals surface area (Å²) in [5, 5.41) is 0.485. The van der Waals surface area contributed by atoms with E-state index in [-0.39, 0.29) is 5.41 Å². The summed E-state index contributed by atoms with van der Waals surface area (Å²) in [6.45, 7) is 6.99. The predicted octanol–water partition coefficient (Wildman–Crippen LogP) is 3.97. The van der Waals surface area contributed by atoms with Crippen LogP contribution < -0.4 is 4.74 Å². The number of hydrogen-bond donors (Lipinski definition) is 0. The molecule has 0 spiro atoms. The fraction of sp³-hybridized carbons (Fsp3) is 0.462. The maximum Gasteiger partial charge on any atom is 0.153 e. The lowest BCUT2D eigenvalue weighted by Gasteiger charge is -2.18. The van der Waals surface area contributed by atoms with Gasteiger partial charge in [-0.25, -0.2) is 0 Å². The zero-order chi connectivity index (χ0) is 12.2. The van der Waals surface area contributed by atoms with Crippen LogP contribution in [0.5, 0.6) is 5.75 Å². The first kappa shape index (κ1) is 13.0. The van der Waals surface area contributed by atoms with Crippen molar-refractivity contribution in [3.05, 3.63) is 28.8 Å². The number of ether oxygens (including phenoxy) is 1. The van der Waals surface area contributed by atoms with Gasteiger partial charge in [-0.2, -0.15) is 0 Å². The molecule has 0 amide bonds. The van der Waals surface area contributed by atoms with E-state index in [9.17, 15) is 4.79 Å². The number of carbonyl (C=O) groups excluding carboxylic acids is 1. The monoisotopic (exact) mass is 240 g/mol. The van der Waals surface area contributed by atoms with Gasteiger partial charge in [-0.3, -0.25) is 4.79 Å².